The molecule has 6 nitrogen and oxygen atoms in total. The van der Waals surface area contributed by atoms with E-state index in [1.54, 1.807) is 18.3 Å². The number of rotatable bonds is 8. The maximum absolute atomic E-state index is 12.2. The first kappa shape index (κ1) is 17.9. The number of aromatic nitrogens is 2. The highest BCUT2D eigenvalue weighted by atomic mass is 16.5. The average molecular weight is 375 g/mol. The van der Waals surface area contributed by atoms with Gasteiger partial charge in [0.1, 0.15) is 18.1 Å². The normalized spacial score (nSPS) is 10.9. The molecule has 1 N–H and O–H groups in total. The number of ether oxygens (including phenoxy) is 1. The van der Waals surface area contributed by atoms with Crippen molar-refractivity contribution in [2.24, 2.45) is 0 Å². The van der Waals surface area contributed by atoms with Gasteiger partial charge in [-0.05, 0) is 36.1 Å². The first-order valence-electron chi connectivity index (χ1n) is 9.24. The van der Waals surface area contributed by atoms with Crippen molar-refractivity contribution in [2.45, 2.75) is 19.6 Å². The molecule has 0 saturated carbocycles. The van der Waals surface area contributed by atoms with E-state index in [0.717, 1.165) is 29.5 Å². The first-order chi connectivity index (χ1) is 13.8. The lowest BCUT2D eigenvalue weighted by Gasteiger charge is -2.08. The van der Waals surface area contributed by atoms with Crippen molar-refractivity contribution in [3.05, 3.63) is 84.6 Å². The van der Waals surface area contributed by atoms with Gasteiger partial charge in [-0.1, -0.05) is 36.4 Å². The Balaban J connectivity index is 1.29. The van der Waals surface area contributed by atoms with E-state index in [9.17, 15) is 4.79 Å². The van der Waals surface area contributed by atoms with Gasteiger partial charge in [-0.3, -0.25) is 9.48 Å². The van der Waals surface area contributed by atoms with Crippen molar-refractivity contribution in [3.8, 4) is 5.75 Å². The van der Waals surface area contributed by atoms with Crippen LogP contribution >= 0.6 is 0 Å². The second-order valence-corrected chi connectivity index (χ2v) is 6.41. The van der Waals surface area contributed by atoms with E-state index < -0.39 is 0 Å². The SMILES string of the molecule is O=C(NCCCn1cccn1)c1ccc(COc2cccc3ccccc23)o1. The van der Waals surface area contributed by atoms with E-state index in [0.29, 0.717) is 12.3 Å². The Morgan fingerprint density at radius 3 is 2.86 bits per heavy atom. The minimum Gasteiger partial charge on any atom is -0.485 e. The molecule has 4 rings (SSSR count). The number of carbonyl (C=O) groups excluding carboxylic acids is 1. The third kappa shape index (κ3) is 4.23. The highest BCUT2D eigenvalue weighted by Gasteiger charge is 2.11. The van der Waals surface area contributed by atoms with E-state index in [-0.39, 0.29) is 18.3 Å². The quantitative estimate of drug-likeness (QED) is 0.472. The number of benzene rings is 2. The predicted molar refractivity (Wildman–Crippen MR) is 106 cm³/mol. The fourth-order valence-corrected chi connectivity index (χ4v) is 3.01. The summed E-state index contributed by atoms with van der Waals surface area (Å²) in [5, 5.41) is 9.16. The van der Waals surface area contributed by atoms with Crippen LogP contribution < -0.4 is 10.1 Å². The average Bonchev–Trinajstić information content (AvgIpc) is 3.41. The summed E-state index contributed by atoms with van der Waals surface area (Å²) in [6, 6.07) is 19.3. The van der Waals surface area contributed by atoms with Crippen molar-refractivity contribution in [3.63, 3.8) is 0 Å². The number of fused-ring (bicyclic) bond motifs is 1. The smallest absolute Gasteiger partial charge is 0.286 e. The van der Waals surface area contributed by atoms with Crippen LogP contribution in [0.1, 0.15) is 22.7 Å². The summed E-state index contributed by atoms with van der Waals surface area (Å²) in [4.78, 5) is 12.2. The summed E-state index contributed by atoms with van der Waals surface area (Å²) in [6.07, 6.45) is 4.44. The van der Waals surface area contributed by atoms with Gasteiger partial charge in [-0.15, -0.1) is 0 Å². The summed E-state index contributed by atoms with van der Waals surface area (Å²) in [5.41, 5.74) is 0. The third-order valence-electron chi connectivity index (χ3n) is 4.41. The van der Waals surface area contributed by atoms with E-state index in [1.807, 2.05) is 59.4 Å². The van der Waals surface area contributed by atoms with Gasteiger partial charge in [-0.25, -0.2) is 0 Å². The molecule has 2 aromatic carbocycles. The molecule has 28 heavy (non-hydrogen) atoms. The van der Waals surface area contributed by atoms with Crippen molar-refractivity contribution in [1.29, 1.82) is 0 Å². The van der Waals surface area contributed by atoms with Crippen molar-refractivity contribution in [2.75, 3.05) is 6.54 Å². The van der Waals surface area contributed by atoms with Crippen LogP contribution in [0.5, 0.6) is 5.75 Å². The zero-order valence-electron chi connectivity index (χ0n) is 15.4. The minimum absolute atomic E-state index is 0.225. The third-order valence-corrected chi connectivity index (χ3v) is 4.41. The Bertz CT molecular complexity index is 1050. The lowest BCUT2D eigenvalue weighted by Crippen LogP contribution is -2.24. The number of amides is 1. The van der Waals surface area contributed by atoms with Gasteiger partial charge in [0.15, 0.2) is 5.76 Å². The van der Waals surface area contributed by atoms with Crippen LogP contribution in [0.25, 0.3) is 10.8 Å². The van der Waals surface area contributed by atoms with Crippen molar-refractivity contribution < 1.29 is 13.9 Å². The van der Waals surface area contributed by atoms with Crippen LogP contribution in [0.2, 0.25) is 0 Å². The molecule has 0 aliphatic carbocycles. The monoisotopic (exact) mass is 375 g/mol. The maximum Gasteiger partial charge on any atom is 0.286 e. The van der Waals surface area contributed by atoms with Crippen LogP contribution in [-0.4, -0.2) is 22.2 Å². The molecule has 0 spiro atoms. The molecule has 4 aromatic rings. The van der Waals surface area contributed by atoms with Crippen LogP contribution in [0.3, 0.4) is 0 Å². The summed E-state index contributed by atoms with van der Waals surface area (Å²) in [6.45, 7) is 1.58. The molecular weight excluding hydrogens is 354 g/mol. The zero-order chi connectivity index (χ0) is 19.2. The number of hydrogen-bond acceptors (Lipinski definition) is 4. The van der Waals surface area contributed by atoms with E-state index in [4.69, 9.17) is 9.15 Å². The van der Waals surface area contributed by atoms with Crippen LogP contribution in [0.4, 0.5) is 0 Å². The fraction of sp³-hybridized carbons (Fsp3) is 0.182. The Hall–Kier alpha value is -3.54. The molecule has 6 heteroatoms. The molecule has 0 bridgehead atoms. The highest BCUT2D eigenvalue weighted by molar-refractivity contribution is 5.91. The minimum atomic E-state index is -0.225. The number of nitrogens with one attached hydrogen (secondary N) is 1. The van der Waals surface area contributed by atoms with Gasteiger partial charge in [0.25, 0.3) is 5.91 Å². The summed E-state index contributed by atoms with van der Waals surface area (Å²) in [5.74, 6) is 1.46. The number of nitrogens with zero attached hydrogens (tertiary/aromatic N) is 2. The Kier molecular flexibility index (Phi) is 5.38. The molecule has 0 fully saturated rings. The van der Waals surface area contributed by atoms with Gasteiger partial charge in [0, 0.05) is 30.9 Å². The largest absolute Gasteiger partial charge is 0.485 e. The molecular formula is C22H21N3O3. The van der Waals surface area contributed by atoms with E-state index in [1.165, 1.54) is 0 Å². The summed E-state index contributed by atoms with van der Waals surface area (Å²) < 4.78 is 13.4. The zero-order valence-corrected chi connectivity index (χ0v) is 15.4. The molecule has 0 saturated heterocycles. The maximum atomic E-state index is 12.2. The molecule has 0 radical (unpaired) electrons. The van der Waals surface area contributed by atoms with Crippen LogP contribution in [0.15, 0.2) is 77.5 Å². The van der Waals surface area contributed by atoms with Crippen molar-refractivity contribution in [1.82, 2.24) is 15.1 Å². The van der Waals surface area contributed by atoms with Gasteiger partial charge >= 0.3 is 0 Å². The Morgan fingerprint density at radius 2 is 1.96 bits per heavy atom. The second kappa shape index (κ2) is 8.43. The van der Waals surface area contributed by atoms with Crippen LogP contribution in [-0.2, 0) is 13.2 Å². The second-order valence-electron chi connectivity index (χ2n) is 6.41. The molecule has 0 aliphatic heterocycles. The molecule has 2 aromatic heterocycles. The highest BCUT2D eigenvalue weighted by Crippen LogP contribution is 2.26. The van der Waals surface area contributed by atoms with E-state index >= 15 is 0 Å². The Labute approximate surface area is 162 Å². The first-order valence-corrected chi connectivity index (χ1v) is 9.24. The molecule has 0 unspecified atom stereocenters. The summed E-state index contributed by atoms with van der Waals surface area (Å²) >= 11 is 0. The topological polar surface area (TPSA) is 69.3 Å². The number of aryl methyl sites for hydroxylation is 1. The number of carbonyl (C=O) groups is 1. The lowest BCUT2D eigenvalue weighted by molar-refractivity contribution is 0.0921. The van der Waals surface area contributed by atoms with Gasteiger partial charge in [-0.2, -0.15) is 5.10 Å². The molecule has 2 heterocycles. The Morgan fingerprint density at radius 1 is 1.07 bits per heavy atom. The molecule has 1 amide bonds. The predicted octanol–water partition coefficient (Wildman–Crippen LogP) is 4.03. The van der Waals surface area contributed by atoms with E-state index in [2.05, 4.69) is 10.4 Å². The standard InChI is InChI=1S/C22H21N3O3/c26-22(23-12-4-14-25-15-5-13-24-25)21-11-10-18(28-21)16-27-20-9-3-7-17-6-1-2-8-19(17)20/h1-3,5-11,13,15H,4,12,14,16H2,(H,23,26). The number of furan rings is 1. The molecule has 0 atom stereocenters. The van der Waals surface area contributed by atoms with Gasteiger partial charge in [0.2, 0.25) is 0 Å². The lowest BCUT2D eigenvalue weighted by atomic mass is 10.1. The van der Waals surface area contributed by atoms with Crippen molar-refractivity contribution >= 4 is 16.7 Å². The molecule has 0 aliphatic rings. The van der Waals surface area contributed by atoms with Gasteiger partial charge < -0.3 is 14.5 Å². The summed E-state index contributed by atoms with van der Waals surface area (Å²) in [7, 11) is 0. The van der Waals surface area contributed by atoms with Gasteiger partial charge in [0.05, 0.1) is 0 Å². The molecule has 142 valence electrons. The number of hydrogen-bond donors (Lipinski definition) is 1. The van der Waals surface area contributed by atoms with Crippen LogP contribution in [0, 0.1) is 0 Å². The fourth-order valence-electron chi connectivity index (χ4n) is 3.01.